The van der Waals surface area contributed by atoms with Crippen LogP contribution in [0.2, 0.25) is 0 Å². The lowest BCUT2D eigenvalue weighted by Crippen LogP contribution is -2.78. The lowest BCUT2D eigenvalue weighted by atomic mass is 10.3. The van der Waals surface area contributed by atoms with Gasteiger partial charge in [-0.25, -0.2) is 0 Å². The Bertz CT molecular complexity index is 210. The van der Waals surface area contributed by atoms with E-state index in [0.29, 0.717) is 19.4 Å². The summed E-state index contributed by atoms with van der Waals surface area (Å²) in [5.74, 6) is 0.131. The minimum Gasteiger partial charge on any atom is -0.799 e. The molecule has 0 aromatic heterocycles. The van der Waals surface area contributed by atoms with Crippen molar-refractivity contribution in [3.05, 3.63) is 0 Å². The van der Waals surface area contributed by atoms with Crippen LogP contribution >= 0.6 is 7.75 Å². The predicted octanol–water partition coefficient (Wildman–Crippen LogP) is -4.46. The van der Waals surface area contributed by atoms with Gasteiger partial charge in [0, 0.05) is 0 Å². The van der Waals surface area contributed by atoms with Crippen LogP contribution in [0, 0.1) is 0 Å². The summed E-state index contributed by atoms with van der Waals surface area (Å²) in [6, 6.07) is 0. The summed E-state index contributed by atoms with van der Waals surface area (Å²) in [6.45, 7) is 0.711. The maximum absolute atomic E-state index is 10.1. The second-order valence-corrected chi connectivity index (χ2v) is 3.81. The van der Waals surface area contributed by atoms with Crippen LogP contribution in [-0.2, 0) is 4.57 Å². The Kier molecular flexibility index (Phi) is 5.65. The van der Waals surface area contributed by atoms with Crippen LogP contribution in [-0.4, -0.2) is 19.0 Å². The summed E-state index contributed by atoms with van der Waals surface area (Å²) in [4.78, 5) is 22.8. The highest BCUT2D eigenvalue weighted by molar-refractivity contribution is 7.46. The highest BCUT2D eigenvalue weighted by atomic mass is 31.2. The number of rotatable bonds is 6. The van der Waals surface area contributed by atoms with Crippen LogP contribution in [0.15, 0.2) is 0 Å². The summed E-state index contributed by atoms with van der Waals surface area (Å²) in [6.07, 6.45) is 1.25. The smallest absolute Gasteiger partial charge is 0.338 e. The number of hydrogen-bond donors (Lipinski definition) is 4. The zero-order valence-corrected chi connectivity index (χ0v) is 8.05. The Morgan fingerprint density at radius 3 is 2.46 bits per heavy atom. The van der Waals surface area contributed by atoms with Crippen molar-refractivity contribution in [3.8, 4) is 0 Å². The van der Waals surface area contributed by atoms with Gasteiger partial charge in [0.2, 0.25) is 0 Å². The fourth-order valence-corrected chi connectivity index (χ4v) is 1.13. The first-order valence-corrected chi connectivity index (χ1v) is 5.35. The molecule has 0 amide bonds. The Hall–Kier alpha value is -0.620. The molecule has 0 radical (unpaired) electrons. The van der Waals surface area contributed by atoms with E-state index in [9.17, 15) is 14.4 Å². The van der Waals surface area contributed by atoms with Gasteiger partial charge in [-0.3, -0.25) is 21.5 Å². The number of nitrogens with one attached hydrogen (secondary N) is 2. The van der Waals surface area contributed by atoms with Crippen LogP contribution in [0.1, 0.15) is 12.8 Å². The first-order chi connectivity index (χ1) is 5.92. The monoisotopic (exact) mass is 209 g/mol. The molecule has 13 heavy (non-hydrogen) atoms. The second kappa shape index (κ2) is 5.93. The average molecular weight is 209 g/mol. The molecule has 0 aromatic rings. The van der Waals surface area contributed by atoms with Gasteiger partial charge in [-0.1, -0.05) is 0 Å². The largest absolute Gasteiger partial charge is 0.799 e. The van der Waals surface area contributed by atoms with Crippen molar-refractivity contribution in [2.45, 2.75) is 12.8 Å². The van der Waals surface area contributed by atoms with Gasteiger partial charge in [0.25, 0.3) is 0 Å². The molecule has 0 aromatic carbocycles. The molecule has 0 heterocycles. The van der Waals surface area contributed by atoms with E-state index in [1.54, 1.807) is 0 Å². The van der Waals surface area contributed by atoms with Gasteiger partial charge in [0.15, 0.2) is 0 Å². The Morgan fingerprint density at radius 1 is 1.38 bits per heavy atom. The molecule has 8 heteroatoms. The van der Waals surface area contributed by atoms with Crippen molar-refractivity contribution in [2.75, 3.05) is 13.1 Å². The minimum absolute atomic E-state index is 0.131. The van der Waals surface area contributed by atoms with Gasteiger partial charge < -0.3 is 14.4 Å². The Morgan fingerprint density at radius 2 is 2.00 bits per heavy atom. The number of hydrogen-bond acceptors (Lipinski definition) is 3. The van der Waals surface area contributed by atoms with Gasteiger partial charge in [0.1, 0.15) is 0 Å². The molecule has 7 nitrogen and oxygen atoms in total. The zero-order valence-electron chi connectivity index (χ0n) is 7.16. The van der Waals surface area contributed by atoms with E-state index >= 15 is 0 Å². The van der Waals surface area contributed by atoms with Gasteiger partial charge >= 0.3 is 5.96 Å². The van der Waals surface area contributed by atoms with E-state index in [4.69, 9.17) is 11.5 Å². The Labute approximate surface area is 76.4 Å². The van der Waals surface area contributed by atoms with E-state index in [1.165, 1.54) is 0 Å². The van der Waals surface area contributed by atoms with Crippen molar-refractivity contribution < 1.29 is 19.3 Å². The molecule has 0 atom stereocenters. The van der Waals surface area contributed by atoms with Crippen molar-refractivity contribution in [1.82, 2.24) is 5.09 Å². The molecule has 0 saturated heterocycles. The third-order valence-corrected chi connectivity index (χ3v) is 1.85. The van der Waals surface area contributed by atoms with Crippen LogP contribution in [0.25, 0.3) is 0 Å². The summed E-state index contributed by atoms with van der Waals surface area (Å²) < 4.78 is 10.1. The van der Waals surface area contributed by atoms with Crippen molar-refractivity contribution in [2.24, 2.45) is 11.5 Å². The SMILES string of the molecule is NC(N)=[NH+]CCCCNP(=O)([O-])[O-]. The van der Waals surface area contributed by atoms with Gasteiger partial charge in [-0.05, 0) is 27.1 Å². The molecule has 0 aliphatic carbocycles. The maximum Gasteiger partial charge on any atom is 0.338 e. The molecule has 0 bridgehead atoms. The van der Waals surface area contributed by atoms with Gasteiger partial charge in [-0.15, -0.1) is 0 Å². The second-order valence-electron chi connectivity index (χ2n) is 2.49. The lowest BCUT2D eigenvalue weighted by Gasteiger charge is -2.30. The Balaban J connectivity index is 3.28. The third-order valence-electron chi connectivity index (χ3n) is 1.24. The standard InChI is InChI=1S/C5H15N4O3P/c6-5(7)8-3-1-2-4-9-13(10,11)12/h1-4H2,(H4,6,7,8)(H3,9,10,11,12)/p-1. The molecule has 0 unspecified atom stereocenters. The number of unbranched alkanes of at least 4 members (excludes halogenated alkanes) is 1. The first kappa shape index (κ1) is 12.4. The number of guanidine groups is 1. The first-order valence-electron chi connectivity index (χ1n) is 3.81. The lowest BCUT2D eigenvalue weighted by molar-refractivity contribution is -0.459. The fourth-order valence-electron chi connectivity index (χ4n) is 0.699. The minimum atomic E-state index is -4.56. The summed E-state index contributed by atoms with van der Waals surface area (Å²) >= 11 is 0. The van der Waals surface area contributed by atoms with E-state index in [-0.39, 0.29) is 12.5 Å². The van der Waals surface area contributed by atoms with Crippen molar-refractivity contribution in [1.29, 1.82) is 0 Å². The van der Waals surface area contributed by atoms with Gasteiger partial charge in [0.05, 0.1) is 6.54 Å². The van der Waals surface area contributed by atoms with Crippen molar-refractivity contribution >= 4 is 13.7 Å². The molecule has 0 aliphatic rings. The van der Waals surface area contributed by atoms with Gasteiger partial charge in [-0.2, -0.15) is 0 Å². The summed E-state index contributed by atoms with van der Waals surface area (Å²) in [7, 11) is -4.56. The molecule has 0 saturated carbocycles. The molecule has 78 valence electrons. The zero-order chi connectivity index (χ0) is 10.3. The van der Waals surface area contributed by atoms with Crippen LogP contribution < -0.4 is 31.3 Å². The van der Waals surface area contributed by atoms with E-state index in [2.05, 4.69) is 4.99 Å². The van der Waals surface area contributed by atoms with Crippen LogP contribution in [0.3, 0.4) is 0 Å². The topological polar surface area (TPSA) is 141 Å². The summed E-state index contributed by atoms with van der Waals surface area (Å²) in [5, 5.41) is 1.86. The maximum atomic E-state index is 10.1. The number of nitrogens with two attached hydrogens (primary N) is 2. The predicted molar refractivity (Wildman–Crippen MR) is 44.1 cm³/mol. The highest BCUT2D eigenvalue weighted by Crippen LogP contribution is 2.14. The van der Waals surface area contributed by atoms with E-state index in [0.717, 1.165) is 0 Å². The fraction of sp³-hybridized carbons (Fsp3) is 0.800. The van der Waals surface area contributed by atoms with Crippen LogP contribution in [0.4, 0.5) is 0 Å². The van der Waals surface area contributed by atoms with Crippen molar-refractivity contribution in [3.63, 3.8) is 0 Å². The quantitative estimate of drug-likeness (QED) is 0.150. The molecular weight excluding hydrogens is 195 g/mol. The highest BCUT2D eigenvalue weighted by Gasteiger charge is 1.91. The van der Waals surface area contributed by atoms with E-state index < -0.39 is 7.75 Å². The van der Waals surface area contributed by atoms with E-state index in [1.807, 2.05) is 5.09 Å². The molecule has 6 N–H and O–H groups in total. The summed E-state index contributed by atoms with van der Waals surface area (Å²) in [5.41, 5.74) is 10.2. The molecule has 0 aliphatic heterocycles. The molecule has 0 fully saturated rings. The normalized spacial score (nSPS) is 11.2. The average Bonchev–Trinajstić information content (AvgIpc) is 1.93. The molecule has 0 rings (SSSR count). The third kappa shape index (κ3) is 11.4. The molecular formula is C5H14N4O3P-. The molecule has 0 spiro atoms. The van der Waals surface area contributed by atoms with Crippen LogP contribution in [0.5, 0.6) is 0 Å².